The maximum Gasteiger partial charge on any atom is 0.278 e. The van der Waals surface area contributed by atoms with Crippen LogP contribution >= 0.6 is 23.7 Å². The highest BCUT2D eigenvalue weighted by atomic mass is 35.5. The Morgan fingerprint density at radius 2 is 1.96 bits per heavy atom. The Labute approximate surface area is 174 Å². The Hall–Kier alpha value is -2.03. The molecule has 0 fully saturated rings. The summed E-state index contributed by atoms with van der Waals surface area (Å²) in [6, 6.07) is 4.87. The molecule has 3 rings (SSSR count). The summed E-state index contributed by atoms with van der Waals surface area (Å²) in [4.78, 5) is 21.6. The van der Waals surface area contributed by atoms with Gasteiger partial charge in [0, 0.05) is 20.1 Å². The van der Waals surface area contributed by atoms with Crippen LogP contribution in [0.2, 0.25) is 0 Å². The standard InChI is InChI=1S/C19H24FN5OS.ClH/c1-5-24(6-2)10-11-25(18(26)17-13(3)12-21-23(17)4)19-22-16-14(20)8-7-9-15(16)27-19;/h7-9,12H,5-6,10-11H2,1-4H3;1H. The molecule has 6 nitrogen and oxygen atoms in total. The van der Waals surface area contributed by atoms with Crippen molar-refractivity contribution in [3.05, 3.63) is 41.5 Å². The van der Waals surface area contributed by atoms with Gasteiger partial charge in [-0.15, -0.1) is 12.4 Å². The van der Waals surface area contributed by atoms with Crippen LogP contribution in [0.3, 0.4) is 0 Å². The molecule has 0 saturated heterocycles. The van der Waals surface area contributed by atoms with Crippen LogP contribution in [-0.2, 0) is 7.05 Å². The number of nitrogens with zero attached hydrogens (tertiary/aromatic N) is 5. The van der Waals surface area contributed by atoms with E-state index in [9.17, 15) is 9.18 Å². The lowest BCUT2D eigenvalue weighted by molar-refractivity contribution is 0.0974. The van der Waals surface area contributed by atoms with Gasteiger partial charge in [0.1, 0.15) is 17.0 Å². The predicted octanol–water partition coefficient (Wildman–Crippen LogP) is 3.89. The van der Waals surface area contributed by atoms with Crippen LogP contribution in [0.15, 0.2) is 24.4 Å². The second-order valence-corrected chi connectivity index (χ2v) is 7.38. The molecule has 0 spiro atoms. The average molecular weight is 426 g/mol. The summed E-state index contributed by atoms with van der Waals surface area (Å²) in [5.41, 5.74) is 1.64. The highest BCUT2D eigenvalue weighted by molar-refractivity contribution is 7.22. The number of hydrogen-bond acceptors (Lipinski definition) is 5. The van der Waals surface area contributed by atoms with Gasteiger partial charge in [-0.25, -0.2) is 9.37 Å². The van der Waals surface area contributed by atoms with Crippen LogP contribution in [0.25, 0.3) is 10.2 Å². The highest BCUT2D eigenvalue weighted by Gasteiger charge is 2.26. The number of aryl methyl sites for hydroxylation is 2. The summed E-state index contributed by atoms with van der Waals surface area (Å²) in [6.45, 7) is 9.04. The molecule has 28 heavy (non-hydrogen) atoms. The minimum atomic E-state index is -0.372. The average Bonchev–Trinajstić information content (AvgIpc) is 3.22. The number of fused-ring (bicyclic) bond motifs is 1. The summed E-state index contributed by atoms with van der Waals surface area (Å²) >= 11 is 1.33. The molecular formula is C19H25ClFN5OS. The molecule has 0 N–H and O–H groups in total. The minimum Gasteiger partial charge on any atom is -0.302 e. The van der Waals surface area contributed by atoms with Crippen LogP contribution in [0.1, 0.15) is 29.9 Å². The van der Waals surface area contributed by atoms with Gasteiger partial charge in [0.05, 0.1) is 10.9 Å². The molecule has 2 heterocycles. The minimum absolute atomic E-state index is 0. The number of carbonyl (C=O) groups excluding carboxylic acids is 1. The van der Waals surface area contributed by atoms with Gasteiger partial charge >= 0.3 is 0 Å². The summed E-state index contributed by atoms with van der Waals surface area (Å²) in [6.07, 6.45) is 1.67. The first-order valence-electron chi connectivity index (χ1n) is 9.04. The van der Waals surface area contributed by atoms with E-state index < -0.39 is 0 Å². The molecule has 0 aliphatic carbocycles. The van der Waals surface area contributed by atoms with Gasteiger partial charge in [0.15, 0.2) is 5.13 Å². The highest BCUT2D eigenvalue weighted by Crippen LogP contribution is 2.31. The van der Waals surface area contributed by atoms with Gasteiger partial charge in [0.2, 0.25) is 0 Å². The van der Waals surface area contributed by atoms with E-state index in [1.807, 2.05) is 13.0 Å². The van der Waals surface area contributed by atoms with Crippen molar-refractivity contribution in [2.45, 2.75) is 20.8 Å². The lowest BCUT2D eigenvalue weighted by Crippen LogP contribution is -2.39. The Morgan fingerprint density at radius 1 is 1.25 bits per heavy atom. The largest absolute Gasteiger partial charge is 0.302 e. The number of para-hydroxylation sites is 1. The SMILES string of the molecule is CCN(CC)CCN(C(=O)c1c(C)cnn1C)c1nc2c(F)cccc2s1.Cl. The van der Waals surface area contributed by atoms with E-state index in [-0.39, 0.29) is 24.1 Å². The van der Waals surface area contributed by atoms with Crippen molar-refractivity contribution in [3.63, 3.8) is 0 Å². The Kier molecular flexibility index (Phi) is 7.51. The number of anilines is 1. The molecule has 0 saturated carbocycles. The Morgan fingerprint density at radius 3 is 2.54 bits per heavy atom. The van der Waals surface area contributed by atoms with Crippen molar-refractivity contribution < 1.29 is 9.18 Å². The third-order valence-electron chi connectivity index (χ3n) is 4.69. The van der Waals surface area contributed by atoms with Crippen molar-refractivity contribution in [1.82, 2.24) is 19.7 Å². The van der Waals surface area contributed by atoms with E-state index in [2.05, 4.69) is 28.8 Å². The molecule has 152 valence electrons. The van der Waals surface area contributed by atoms with E-state index in [0.717, 1.165) is 23.4 Å². The monoisotopic (exact) mass is 425 g/mol. The maximum atomic E-state index is 14.1. The first-order valence-corrected chi connectivity index (χ1v) is 9.85. The molecule has 2 aromatic heterocycles. The van der Waals surface area contributed by atoms with E-state index in [4.69, 9.17) is 0 Å². The summed E-state index contributed by atoms with van der Waals surface area (Å²) in [7, 11) is 1.75. The summed E-state index contributed by atoms with van der Waals surface area (Å²) in [5, 5.41) is 4.69. The van der Waals surface area contributed by atoms with Gasteiger partial charge in [0.25, 0.3) is 5.91 Å². The number of aromatic nitrogens is 3. The summed E-state index contributed by atoms with van der Waals surface area (Å²) in [5.74, 6) is -0.540. The molecule has 3 aromatic rings. The third-order valence-corrected chi connectivity index (χ3v) is 5.74. The topological polar surface area (TPSA) is 54.3 Å². The number of likely N-dealkylation sites (N-methyl/N-ethyl adjacent to an activating group) is 1. The van der Waals surface area contributed by atoms with Gasteiger partial charge in [-0.3, -0.25) is 14.4 Å². The van der Waals surface area contributed by atoms with Crippen LogP contribution < -0.4 is 4.90 Å². The number of thiazole rings is 1. The number of carbonyl (C=O) groups is 1. The fourth-order valence-electron chi connectivity index (χ4n) is 3.07. The lowest BCUT2D eigenvalue weighted by Gasteiger charge is -2.25. The third kappa shape index (κ3) is 4.34. The van der Waals surface area contributed by atoms with E-state index in [1.54, 1.807) is 28.9 Å². The molecule has 1 amide bonds. The van der Waals surface area contributed by atoms with Crippen LogP contribution in [0.4, 0.5) is 9.52 Å². The van der Waals surface area contributed by atoms with Crippen LogP contribution in [0, 0.1) is 12.7 Å². The van der Waals surface area contributed by atoms with Crippen LogP contribution in [0.5, 0.6) is 0 Å². The van der Waals surface area contributed by atoms with E-state index in [1.165, 1.54) is 17.4 Å². The van der Waals surface area contributed by atoms with Crippen molar-refractivity contribution in [3.8, 4) is 0 Å². The zero-order chi connectivity index (χ0) is 19.6. The number of rotatable bonds is 7. The molecule has 0 aliphatic rings. The smallest absolute Gasteiger partial charge is 0.278 e. The number of halogens is 2. The Balaban J connectivity index is 0.00000280. The molecule has 0 bridgehead atoms. The maximum absolute atomic E-state index is 14.1. The fourth-order valence-corrected chi connectivity index (χ4v) is 4.07. The molecule has 0 unspecified atom stereocenters. The predicted molar refractivity (Wildman–Crippen MR) is 114 cm³/mol. The number of amides is 1. The zero-order valence-corrected chi connectivity index (χ0v) is 18.1. The van der Waals surface area contributed by atoms with Gasteiger partial charge in [-0.2, -0.15) is 5.10 Å². The Bertz CT molecular complexity index is 934. The molecule has 0 aliphatic heterocycles. The second kappa shape index (κ2) is 9.45. The van der Waals surface area contributed by atoms with Crippen molar-refractivity contribution in [1.29, 1.82) is 0 Å². The molecule has 0 radical (unpaired) electrons. The first-order chi connectivity index (χ1) is 13.0. The molecular weight excluding hydrogens is 401 g/mol. The number of benzene rings is 1. The lowest BCUT2D eigenvalue weighted by atomic mass is 10.2. The summed E-state index contributed by atoms with van der Waals surface area (Å²) < 4.78 is 16.4. The molecule has 0 atom stereocenters. The van der Waals surface area contributed by atoms with E-state index >= 15 is 0 Å². The fraction of sp³-hybridized carbons (Fsp3) is 0.421. The molecule has 1 aromatic carbocycles. The van der Waals surface area contributed by atoms with E-state index in [0.29, 0.717) is 29.4 Å². The van der Waals surface area contributed by atoms with Gasteiger partial charge in [-0.05, 0) is 37.7 Å². The quantitative estimate of drug-likeness (QED) is 0.576. The number of hydrogen-bond donors (Lipinski definition) is 0. The normalized spacial score (nSPS) is 11.1. The van der Waals surface area contributed by atoms with Gasteiger partial charge < -0.3 is 4.90 Å². The second-order valence-electron chi connectivity index (χ2n) is 6.37. The van der Waals surface area contributed by atoms with Crippen molar-refractivity contribution in [2.75, 3.05) is 31.1 Å². The van der Waals surface area contributed by atoms with Crippen LogP contribution in [-0.4, -0.2) is 51.8 Å². The van der Waals surface area contributed by atoms with Gasteiger partial charge in [-0.1, -0.05) is 31.3 Å². The zero-order valence-electron chi connectivity index (χ0n) is 16.5. The molecule has 9 heteroatoms. The first kappa shape index (κ1) is 22.3. The van der Waals surface area contributed by atoms with Crippen molar-refractivity contribution in [2.24, 2.45) is 7.05 Å². The van der Waals surface area contributed by atoms with Crippen molar-refractivity contribution >= 4 is 45.0 Å².